The zero-order valence-corrected chi connectivity index (χ0v) is 11.5. The fourth-order valence-corrected chi connectivity index (χ4v) is 1.58. The lowest BCUT2D eigenvalue weighted by Gasteiger charge is -2.06. The Bertz CT molecular complexity index is 593. The first-order valence-electron chi connectivity index (χ1n) is 6.30. The van der Waals surface area contributed by atoms with Gasteiger partial charge in [-0.15, -0.1) is 0 Å². The molecule has 0 spiro atoms. The Hall–Kier alpha value is -2.83. The topological polar surface area (TPSA) is 93.5 Å². The highest BCUT2D eigenvalue weighted by Gasteiger charge is 2.08. The van der Waals surface area contributed by atoms with Gasteiger partial charge >= 0.3 is 0 Å². The van der Waals surface area contributed by atoms with Crippen molar-refractivity contribution in [2.24, 2.45) is 0 Å². The van der Waals surface area contributed by atoms with Gasteiger partial charge in [-0.25, -0.2) is 4.98 Å². The second-order valence-corrected chi connectivity index (χ2v) is 4.08. The first-order valence-corrected chi connectivity index (χ1v) is 6.30. The third-order valence-electron chi connectivity index (χ3n) is 2.65. The smallest absolute Gasteiger partial charge is 0.287 e. The number of hydrogen-bond donors (Lipinski definition) is 2. The van der Waals surface area contributed by atoms with E-state index in [-0.39, 0.29) is 17.6 Å². The van der Waals surface area contributed by atoms with Crippen LogP contribution < -0.4 is 15.4 Å². The lowest BCUT2D eigenvalue weighted by Crippen LogP contribution is -2.34. The quantitative estimate of drug-likeness (QED) is 0.769. The Morgan fingerprint density at radius 2 is 1.95 bits per heavy atom. The number of amides is 2. The molecule has 0 aliphatic rings. The minimum atomic E-state index is -0.319. The summed E-state index contributed by atoms with van der Waals surface area (Å²) in [7, 11) is 1.50. The number of ether oxygens (including phenoxy) is 1. The van der Waals surface area contributed by atoms with Crippen LogP contribution in [0.5, 0.6) is 5.88 Å². The molecule has 2 heterocycles. The number of carbonyl (C=O) groups is 2. The van der Waals surface area contributed by atoms with Crippen LogP contribution >= 0.6 is 0 Å². The predicted octanol–water partition coefficient (Wildman–Crippen LogP) is 0.843. The Kier molecular flexibility index (Phi) is 4.92. The lowest BCUT2D eigenvalue weighted by molar-refractivity contribution is 0.0910. The van der Waals surface area contributed by atoms with E-state index in [4.69, 9.17) is 9.15 Å². The molecule has 2 rings (SSSR count). The molecule has 21 heavy (non-hydrogen) atoms. The molecule has 0 aromatic carbocycles. The van der Waals surface area contributed by atoms with Gasteiger partial charge in [-0.05, 0) is 18.2 Å². The van der Waals surface area contributed by atoms with Crippen molar-refractivity contribution in [1.29, 1.82) is 0 Å². The number of hydrogen-bond acceptors (Lipinski definition) is 5. The normalized spacial score (nSPS) is 9.95. The molecule has 2 N–H and O–H groups in total. The van der Waals surface area contributed by atoms with Crippen LogP contribution in [0, 0.1) is 0 Å². The molecule has 0 radical (unpaired) electrons. The van der Waals surface area contributed by atoms with Gasteiger partial charge in [0, 0.05) is 25.4 Å². The summed E-state index contributed by atoms with van der Waals surface area (Å²) in [5.41, 5.74) is 0.424. The van der Waals surface area contributed by atoms with Gasteiger partial charge in [-0.3, -0.25) is 9.59 Å². The van der Waals surface area contributed by atoms with Crippen molar-refractivity contribution in [3.63, 3.8) is 0 Å². The Morgan fingerprint density at radius 1 is 1.19 bits per heavy atom. The van der Waals surface area contributed by atoms with Crippen molar-refractivity contribution in [3.8, 4) is 5.88 Å². The summed E-state index contributed by atoms with van der Waals surface area (Å²) in [6.07, 6.45) is 2.85. The molecule has 2 aromatic heterocycles. The van der Waals surface area contributed by atoms with Crippen molar-refractivity contribution in [2.45, 2.75) is 0 Å². The van der Waals surface area contributed by atoms with Crippen molar-refractivity contribution < 1.29 is 18.7 Å². The van der Waals surface area contributed by atoms with Gasteiger partial charge in [0.2, 0.25) is 5.88 Å². The van der Waals surface area contributed by atoms with Gasteiger partial charge in [-0.1, -0.05) is 0 Å². The van der Waals surface area contributed by atoms with Crippen molar-refractivity contribution in [3.05, 3.63) is 48.0 Å². The molecule has 0 saturated carbocycles. The first kappa shape index (κ1) is 14.6. The maximum atomic E-state index is 11.8. The van der Waals surface area contributed by atoms with E-state index >= 15 is 0 Å². The molecule has 2 aromatic rings. The average Bonchev–Trinajstić information content (AvgIpc) is 3.05. The van der Waals surface area contributed by atoms with Crippen LogP contribution in [0.25, 0.3) is 0 Å². The van der Waals surface area contributed by atoms with Crippen LogP contribution in [-0.4, -0.2) is 37.0 Å². The van der Waals surface area contributed by atoms with E-state index in [0.717, 1.165) is 0 Å². The Morgan fingerprint density at radius 3 is 2.52 bits per heavy atom. The highest BCUT2D eigenvalue weighted by atomic mass is 16.5. The predicted molar refractivity (Wildman–Crippen MR) is 74.2 cm³/mol. The number of furan rings is 1. The van der Waals surface area contributed by atoms with E-state index in [2.05, 4.69) is 15.6 Å². The van der Waals surface area contributed by atoms with Crippen LogP contribution in [0.2, 0.25) is 0 Å². The lowest BCUT2D eigenvalue weighted by atomic mass is 10.2. The number of pyridine rings is 1. The summed E-state index contributed by atoms with van der Waals surface area (Å²) in [6.45, 7) is 0.603. The maximum absolute atomic E-state index is 11.8. The van der Waals surface area contributed by atoms with Crippen LogP contribution in [0.4, 0.5) is 0 Å². The fraction of sp³-hybridized carbons (Fsp3) is 0.214. The zero-order valence-electron chi connectivity index (χ0n) is 11.5. The largest absolute Gasteiger partial charge is 0.481 e. The molecule has 0 saturated heterocycles. The number of rotatable bonds is 6. The summed E-state index contributed by atoms with van der Waals surface area (Å²) in [5, 5.41) is 5.30. The van der Waals surface area contributed by atoms with E-state index < -0.39 is 0 Å². The average molecular weight is 289 g/mol. The van der Waals surface area contributed by atoms with Gasteiger partial charge in [0.1, 0.15) is 0 Å². The molecule has 0 bridgehead atoms. The SMILES string of the molecule is COc1ccc(C(=O)NCCNC(=O)c2ccco2)cn1. The molecule has 7 heteroatoms. The summed E-state index contributed by atoms with van der Waals surface area (Å²) in [6, 6.07) is 6.42. The minimum absolute atomic E-state index is 0.237. The van der Waals surface area contributed by atoms with E-state index in [1.165, 1.54) is 19.6 Å². The molecule has 0 atom stereocenters. The van der Waals surface area contributed by atoms with Crippen LogP contribution in [0.15, 0.2) is 41.1 Å². The molecule has 110 valence electrons. The Balaban J connectivity index is 1.72. The van der Waals surface area contributed by atoms with Crippen LogP contribution in [0.3, 0.4) is 0 Å². The first-order chi connectivity index (χ1) is 10.2. The summed E-state index contributed by atoms with van der Waals surface area (Å²) >= 11 is 0. The molecule has 0 aliphatic heterocycles. The molecule has 0 unspecified atom stereocenters. The van der Waals surface area contributed by atoms with Gasteiger partial charge in [0.25, 0.3) is 11.8 Å². The van der Waals surface area contributed by atoms with E-state index in [9.17, 15) is 9.59 Å². The standard InChI is InChI=1S/C14H15N3O4/c1-20-12-5-4-10(9-17-12)13(18)15-6-7-16-14(19)11-3-2-8-21-11/h2-5,8-9H,6-7H2,1H3,(H,15,18)(H,16,19). The van der Waals surface area contributed by atoms with Crippen molar-refractivity contribution in [2.75, 3.05) is 20.2 Å². The van der Waals surface area contributed by atoms with Crippen LogP contribution in [0.1, 0.15) is 20.9 Å². The monoisotopic (exact) mass is 289 g/mol. The number of aromatic nitrogens is 1. The molecule has 7 nitrogen and oxygen atoms in total. The molecule has 0 aliphatic carbocycles. The van der Waals surface area contributed by atoms with E-state index in [1.54, 1.807) is 24.3 Å². The van der Waals surface area contributed by atoms with Gasteiger partial charge in [0.15, 0.2) is 5.76 Å². The fourth-order valence-electron chi connectivity index (χ4n) is 1.58. The number of methoxy groups -OCH3 is 1. The second kappa shape index (κ2) is 7.09. The van der Waals surface area contributed by atoms with E-state index in [0.29, 0.717) is 24.5 Å². The molecule has 2 amide bonds. The highest BCUT2D eigenvalue weighted by molar-refractivity contribution is 5.94. The number of nitrogens with zero attached hydrogens (tertiary/aromatic N) is 1. The van der Waals surface area contributed by atoms with Crippen LogP contribution in [-0.2, 0) is 0 Å². The molecule has 0 fully saturated rings. The second-order valence-electron chi connectivity index (χ2n) is 4.08. The van der Waals surface area contributed by atoms with Gasteiger partial charge < -0.3 is 19.8 Å². The number of nitrogens with one attached hydrogen (secondary N) is 2. The third-order valence-corrected chi connectivity index (χ3v) is 2.65. The molecular weight excluding hydrogens is 274 g/mol. The molecular formula is C14H15N3O4. The van der Waals surface area contributed by atoms with Gasteiger partial charge in [-0.2, -0.15) is 0 Å². The number of carbonyl (C=O) groups excluding carboxylic acids is 2. The summed E-state index contributed by atoms with van der Waals surface area (Å²) < 4.78 is 9.86. The zero-order chi connectivity index (χ0) is 15.1. The maximum Gasteiger partial charge on any atom is 0.287 e. The van der Waals surface area contributed by atoms with Gasteiger partial charge in [0.05, 0.1) is 18.9 Å². The van der Waals surface area contributed by atoms with E-state index in [1.807, 2.05) is 0 Å². The highest BCUT2D eigenvalue weighted by Crippen LogP contribution is 2.06. The minimum Gasteiger partial charge on any atom is -0.481 e. The third kappa shape index (κ3) is 4.07. The van der Waals surface area contributed by atoms with Crippen molar-refractivity contribution >= 4 is 11.8 Å². The summed E-state index contributed by atoms with van der Waals surface area (Å²) in [5.74, 6) is 0.0932. The van der Waals surface area contributed by atoms with Crippen molar-refractivity contribution in [1.82, 2.24) is 15.6 Å². The summed E-state index contributed by atoms with van der Waals surface area (Å²) in [4.78, 5) is 27.3. The Labute approximate surface area is 121 Å².